The van der Waals surface area contributed by atoms with Crippen LogP contribution in [0.2, 0.25) is 0 Å². The summed E-state index contributed by atoms with van der Waals surface area (Å²) in [7, 11) is 0. The van der Waals surface area contributed by atoms with Crippen molar-refractivity contribution in [2.24, 2.45) is 5.73 Å². The Balaban J connectivity index is 1.95. The number of nitrogens with zero attached hydrogens (tertiary/aromatic N) is 1. The summed E-state index contributed by atoms with van der Waals surface area (Å²) < 4.78 is 18.8. The summed E-state index contributed by atoms with van der Waals surface area (Å²) in [6, 6.07) is 5.50. The van der Waals surface area contributed by atoms with Gasteiger partial charge in [-0.25, -0.2) is 9.18 Å². The van der Waals surface area contributed by atoms with Gasteiger partial charge in [0.05, 0.1) is 24.8 Å². The van der Waals surface area contributed by atoms with Crippen molar-refractivity contribution in [3.63, 3.8) is 0 Å². The van der Waals surface area contributed by atoms with Crippen LogP contribution in [0.15, 0.2) is 24.3 Å². The first-order valence-electron chi connectivity index (χ1n) is 6.26. The highest BCUT2D eigenvalue weighted by Crippen LogP contribution is 2.15. The van der Waals surface area contributed by atoms with Crippen LogP contribution >= 0.6 is 0 Å². The van der Waals surface area contributed by atoms with Gasteiger partial charge in [-0.3, -0.25) is 4.79 Å². The Labute approximate surface area is 115 Å². The lowest BCUT2D eigenvalue weighted by Crippen LogP contribution is -2.48. The second kappa shape index (κ2) is 6.33. The van der Waals surface area contributed by atoms with Gasteiger partial charge in [0, 0.05) is 13.1 Å². The van der Waals surface area contributed by atoms with Crippen molar-refractivity contribution in [1.29, 1.82) is 0 Å². The van der Waals surface area contributed by atoms with Crippen molar-refractivity contribution in [1.82, 2.24) is 4.90 Å². The molecule has 20 heavy (non-hydrogen) atoms. The summed E-state index contributed by atoms with van der Waals surface area (Å²) in [6.07, 6.45) is -0.351. The first kappa shape index (κ1) is 14.3. The van der Waals surface area contributed by atoms with E-state index in [-0.39, 0.29) is 18.7 Å². The summed E-state index contributed by atoms with van der Waals surface area (Å²) in [5.74, 6) is -0.978. The number of hydrogen-bond acceptors (Lipinski definition) is 3. The fourth-order valence-electron chi connectivity index (χ4n) is 2.01. The Morgan fingerprint density at radius 1 is 1.45 bits per heavy atom. The minimum atomic E-state index is -0.497. The summed E-state index contributed by atoms with van der Waals surface area (Å²) in [6.45, 7) is 0.960. The number of benzene rings is 1. The SMILES string of the molecule is NC(=O)CC1CN(C(=O)Nc2ccccc2F)CCO1. The summed E-state index contributed by atoms with van der Waals surface area (Å²) in [5, 5.41) is 2.49. The fraction of sp³-hybridized carbons (Fsp3) is 0.385. The van der Waals surface area contributed by atoms with Crippen molar-refractivity contribution in [3.8, 4) is 0 Å². The van der Waals surface area contributed by atoms with Gasteiger partial charge in [-0.15, -0.1) is 0 Å². The van der Waals surface area contributed by atoms with Crippen LogP contribution in [0.25, 0.3) is 0 Å². The molecule has 0 bridgehead atoms. The Bertz CT molecular complexity index is 509. The normalized spacial score (nSPS) is 18.6. The average molecular weight is 281 g/mol. The highest BCUT2D eigenvalue weighted by atomic mass is 19.1. The second-order valence-electron chi connectivity index (χ2n) is 4.52. The predicted octanol–water partition coefficient (Wildman–Crippen LogP) is 0.934. The smallest absolute Gasteiger partial charge is 0.322 e. The quantitative estimate of drug-likeness (QED) is 0.864. The molecule has 1 atom stereocenters. The molecule has 0 aromatic heterocycles. The van der Waals surface area contributed by atoms with Crippen molar-refractivity contribution >= 4 is 17.6 Å². The van der Waals surface area contributed by atoms with Gasteiger partial charge in [-0.05, 0) is 12.1 Å². The van der Waals surface area contributed by atoms with Gasteiger partial charge >= 0.3 is 6.03 Å². The van der Waals surface area contributed by atoms with Crippen LogP contribution in [0.3, 0.4) is 0 Å². The van der Waals surface area contributed by atoms with Crippen molar-refractivity contribution < 1.29 is 18.7 Å². The number of halogens is 1. The molecule has 1 aliphatic heterocycles. The molecule has 6 nitrogen and oxygen atoms in total. The molecule has 1 aromatic rings. The van der Waals surface area contributed by atoms with E-state index in [2.05, 4.69) is 5.32 Å². The third-order valence-corrected chi connectivity index (χ3v) is 2.97. The lowest BCUT2D eigenvalue weighted by atomic mass is 10.2. The topological polar surface area (TPSA) is 84.7 Å². The van der Waals surface area contributed by atoms with Crippen LogP contribution in [0.4, 0.5) is 14.9 Å². The highest BCUT2D eigenvalue weighted by Gasteiger charge is 2.25. The number of nitrogens with two attached hydrogens (primary N) is 1. The van der Waals surface area contributed by atoms with Gasteiger partial charge in [-0.1, -0.05) is 12.1 Å². The van der Waals surface area contributed by atoms with E-state index in [4.69, 9.17) is 10.5 Å². The largest absolute Gasteiger partial charge is 0.374 e. The molecule has 0 radical (unpaired) electrons. The lowest BCUT2D eigenvalue weighted by Gasteiger charge is -2.32. The van der Waals surface area contributed by atoms with Crippen LogP contribution in [0.5, 0.6) is 0 Å². The maximum atomic E-state index is 13.4. The summed E-state index contributed by atoms with van der Waals surface area (Å²) in [4.78, 5) is 24.4. The number of ether oxygens (including phenoxy) is 1. The molecule has 1 unspecified atom stereocenters. The van der Waals surface area contributed by atoms with E-state index >= 15 is 0 Å². The van der Waals surface area contributed by atoms with Crippen LogP contribution < -0.4 is 11.1 Å². The minimum absolute atomic E-state index is 0.0590. The molecule has 1 heterocycles. The Kier molecular flexibility index (Phi) is 4.52. The fourth-order valence-corrected chi connectivity index (χ4v) is 2.01. The minimum Gasteiger partial charge on any atom is -0.374 e. The molecule has 1 aliphatic rings. The molecular formula is C13H16FN3O3. The Morgan fingerprint density at radius 2 is 2.20 bits per heavy atom. The number of para-hydroxylation sites is 1. The monoisotopic (exact) mass is 281 g/mol. The lowest BCUT2D eigenvalue weighted by molar-refractivity contribution is -0.122. The van der Waals surface area contributed by atoms with E-state index in [0.717, 1.165) is 0 Å². The number of hydrogen-bond donors (Lipinski definition) is 2. The maximum absolute atomic E-state index is 13.4. The first-order chi connectivity index (χ1) is 9.56. The van der Waals surface area contributed by atoms with Gasteiger partial charge in [0.1, 0.15) is 5.82 Å². The number of carbonyl (C=O) groups is 2. The van der Waals surface area contributed by atoms with Gasteiger partial charge in [0.25, 0.3) is 0 Å². The van der Waals surface area contributed by atoms with E-state index in [1.54, 1.807) is 12.1 Å². The second-order valence-corrected chi connectivity index (χ2v) is 4.52. The van der Waals surface area contributed by atoms with Crippen molar-refractivity contribution in [2.45, 2.75) is 12.5 Å². The van der Waals surface area contributed by atoms with Gasteiger partial charge in [0.2, 0.25) is 5.91 Å². The number of primary amides is 1. The molecule has 0 aliphatic carbocycles. The zero-order valence-electron chi connectivity index (χ0n) is 10.8. The van der Waals surface area contributed by atoms with E-state index in [0.29, 0.717) is 13.2 Å². The molecule has 7 heteroatoms. The van der Waals surface area contributed by atoms with Crippen molar-refractivity contribution in [3.05, 3.63) is 30.1 Å². The number of nitrogens with one attached hydrogen (secondary N) is 1. The highest BCUT2D eigenvalue weighted by molar-refractivity contribution is 5.89. The number of anilines is 1. The zero-order chi connectivity index (χ0) is 14.5. The van der Waals surface area contributed by atoms with Crippen LogP contribution in [0.1, 0.15) is 6.42 Å². The molecule has 108 valence electrons. The van der Waals surface area contributed by atoms with E-state index < -0.39 is 23.9 Å². The Morgan fingerprint density at radius 3 is 2.90 bits per heavy atom. The molecule has 3 N–H and O–H groups in total. The first-order valence-corrected chi connectivity index (χ1v) is 6.26. The van der Waals surface area contributed by atoms with Crippen LogP contribution in [0, 0.1) is 5.82 Å². The number of amides is 3. The Hall–Kier alpha value is -2.15. The van der Waals surface area contributed by atoms with Crippen LogP contribution in [-0.4, -0.2) is 42.6 Å². The maximum Gasteiger partial charge on any atom is 0.322 e. The van der Waals surface area contributed by atoms with Crippen molar-refractivity contribution in [2.75, 3.05) is 25.0 Å². The zero-order valence-corrected chi connectivity index (χ0v) is 10.8. The third kappa shape index (κ3) is 3.67. The third-order valence-electron chi connectivity index (χ3n) is 2.97. The summed E-state index contributed by atoms with van der Waals surface area (Å²) in [5.41, 5.74) is 5.22. The summed E-state index contributed by atoms with van der Waals surface area (Å²) >= 11 is 0. The number of morpholine rings is 1. The standard InChI is InChI=1S/C13H16FN3O3/c14-10-3-1-2-4-11(10)16-13(19)17-5-6-20-9(8-17)7-12(15)18/h1-4,9H,5-8H2,(H2,15,18)(H,16,19). The average Bonchev–Trinajstić information content (AvgIpc) is 2.41. The van der Waals surface area contributed by atoms with Crippen LogP contribution in [-0.2, 0) is 9.53 Å². The molecule has 1 saturated heterocycles. The molecule has 1 fully saturated rings. The molecular weight excluding hydrogens is 265 g/mol. The molecule has 2 rings (SSSR count). The molecule has 1 aromatic carbocycles. The van der Waals surface area contributed by atoms with E-state index in [1.165, 1.54) is 17.0 Å². The van der Waals surface area contributed by atoms with Gasteiger partial charge in [0.15, 0.2) is 0 Å². The van der Waals surface area contributed by atoms with E-state index in [9.17, 15) is 14.0 Å². The number of rotatable bonds is 3. The molecule has 0 spiro atoms. The molecule has 0 saturated carbocycles. The number of urea groups is 1. The van der Waals surface area contributed by atoms with E-state index in [1.807, 2.05) is 0 Å². The molecule has 3 amide bonds. The van der Waals surface area contributed by atoms with Gasteiger partial charge < -0.3 is 20.7 Å². The van der Waals surface area contributed by atoms with Gasteiger partial charge in [-0.2, -0.15) is 0 Å². The predicted molar refractivity (Wildman–Crippen MR) is 70.5 cm³/mol. The number of carbonyl (C=O) groups excluding carboxylic acids is 2.